The summed E-state index contributed by atoms with van der Waals surface area (Å²) in [5, 5.41) is 0.988. The zero-order valence-electron chi connectivity index (χ0n) is 12.9. The smallest absolute Gasteiger partial charge is 0.170 e. The van der Waals surface area contributed by atoms with E-state index >= 15 is 0 Å². The van der Waals surface area contributed by atoms with Crippen LogP contribution < -0.4 is 4.74 Å². The highest BCUT2D eigenvalue weighted by Crippen LogP contribution is 2.41. The minimum absolute atomic E-state index is 0.185. The Labute approximate surface area is 125 Å². The zero-order chi connectivity index (χ0) is 14.9. The van der Waals surface area contributed by atoms with Gasteiger partial charge in [0.2, 0.25) is 0 Å². The molecule has 1 heterocycles. The van der Waals surface area contributed by atoms with Crippen LogP contribution in [0.5, 0.6) is 5.75 Å². The fourth-order valence-electron chi connectivity index (χ4n) is 3.30. The van der Waals surface area contributed by atoms with Crippen LogP contribution in [0.3, 0.4) is 0 Å². The third kappa shape index (κ3) is 2.57. The maximum Gasteiger partial charge on any atom is 0.170 e. The SMILES string of the molecule is CCCOc1ccc2[nH]cc(C(=O)C3(C)CCCC3)c2c1. The number of carbonyl (C=O) groups is 1. The van der Waals surface area contributed by atoms with Gasteiger partial charge in [0.1, 0.15) is 5.75 Å². The molecule has 0 aliphatic heterocycles. The van der Waals surface area contributed by atoms with E-state index in [9.17, 15) is 4.79 Å². The highest BCUT2D eigenvalue weighted by molar-refractivity contribution is 6.10. The molecule has 21 heavy (non-hydrogen) atoms. The highest BCUT2D eigenvalue weighted by Gasteiger charge is 2.37. The number of fused-ring (bicyclic) bond motifs is 1. The zero-order valence-corrected chi connectivity index (χ0v) is 12.9. The van der Waals surface area contributed by atoms with Crippen LogP contribution in [0.15, 0.2) is 24.4 Å². The molecule has 3 rings (SSSR count). The van der Waals surface area contributed by atoms with Crippen LogP contribution in [0.25, 0.3) is 10.9 Å². The van der Waals surface area contributed by atoms with E-state index in [0.717, 1.165) is 54.3 Å². The number of nitrogens with one attached hydrogen (secondary N) is 1. The molecule has 0 amide bonds. The van der Waals surface area contributed by atoms with Crippen LogP contribution in [0.2, 0.25) is 0 Å². The number of hydrogen-bond donors (Lipinski definition) is 1. The molecule has 0 atom stereocenters. The van der Waals surface area contributed by atoms with Gasteiger partial charge in [-0.15, -0.1) is 0 Å². The van der Waals surface area contributed by atoms with Gasteiger partial charge in [-0.3, -0.25) is 4.79 Å². The fraction of sp³-hybridized carbons (Fsp3) is 0.500. The number of aromatic nitrogens is 1. The van der Waals surface area contributed by atoms with E-state index in [-0.39, 0.29) is 11.2 Å². The van der Waals surface area contributed by atoms with Crippen molar-refractivity contribution in [3.05, 3.63) is 30.0 Å². The number of aromatic amines is 1. The van der Waals surface area contributed by atoms with E-state index in [4.69, 9.17) is 4.74 Å². The van der Waals surface area contributed by atoms with Gasteiger partial charge in [-0.05, 0) is 37.5 Å². The van der Waals surface area contributed by atoms with E-state index in [0.29, 0.717) is 6.61 Å². The molecule has 1 aromatic heterocycles. The maximum absolute atomic E-state index is 12.9. The second-order valence-electron chi connectivity index (χ2n) is 6.36. The van der Waals surface area contributed by atoms with E-state index in [2.05, 4.69) is 18.8 Å². The van der Waals surface area contributed by atoms with Gasteiger partial charge in [-0.25, -0.2) is 0 Å². The standard InChI is InChI=1S/C18H23NO2/c1-3-10-21-13-6-7-16-14(11-13)15(12-19-16)17(20)18(2)8-4-5-9-18/h6-7,11-12,19H,3-5,8-10H2,1-2H3. The topological polar surface area (TPSA) is 42.1 Å². The molecule has 0 bridgehead atoms. The molecule has 1 saturated carbocycles. The first-order chi connectivity index (χ1) is 10.1. The third-order valence-electron chi connectivity index (χ3n) is 4.63. The van der Waals surface area contributed by atoms with Gasteiger partial charge in [-0.1, -0.05) is 26.7 Å². The average molecular weight is 285 g/mol. The molecule has 0 spiro atoms. The van der Waals surface area contributed by atoms with E-state index < -0.39 is 0 Å². The summed E-state index contributed by atoms with van der Waals surface area (Å²) < 4.78 is 5.69. The Morgan fingerprint density at radius 2 is 2.10 bits per heavy atom. The molecule has 3 nitrogen and oxygen atoms in total. The lowest BCUT2D eigenvalue weighted by molar-refractivity contribution is 0.0825. The molecule has 1 aliphatic carbocycles. The molecular weight excluding hydrogens is 262 g/mol. The summed E-state index contributed by atoms with van der Waals surface area (Å²) in [5.74, 6) is 1.12. The van der Waals surface area contributed by atoms with Crippen molar-refractivity contribution in [2.75, 3.05) is 6.61 Å². The largest absolute Gasteiger partial charge is 0.494 e. The van der Waals surface area contributed by atoms with Gasteiger partial charge in [-0.2, -0.15) is 0 Å². The minimum Gasteiger partial charge on any atom is -0.494 e. The average Bonchev–Trinajstić information content (AvgIpc) is 3.11. The van der Waals surface area contributed by atoms with Crippen LogP contribution in [-0.4, -0.2) is 17.4 Å². The summed E-state index contributed by atoms with van der Waals surface area (Å²) in [6.45, 7) is 4.90. The Morgan fingerprint density at radius 3 is 2.81 bits per heavy atom. The van der Waals surface area contributed by atoms with Crippen molar-refractivity contribution >= 4 is 16.7 Å². The Morgan fingerprint density at radius 1 is 1.33 bits per heavy atom. The van der Waals surface area contributed by atoms with Gasteiger partial charge >= 0.3 is 0 Å². The molecule has 0 saturated heterocycles. The number of rotatable bonds is 5. The minimum atomic E-state index is -0.185. The Kier molecular flexibility index (Phi) is 3.75. The molecule has 112 valence electrons. The fourth-order valence-corrected chi connectivity index (χ4v) is 3.30. The summed E-state index contributed by atoms with van der Waals surface area (Å²) in [5.41, 5.74) is 1.63. The first-order valence-corrected chi connectivity index (χ1v) is 7.93. The summed E-state index contributed by atoms with van der Waals surface area (Å²) in [7, 11) is 0. The molecule has 2 aromatic rings. The molecule has 0 radical (unpaired) electrons. The quantitative estimate of drug-likeness (QED) is 0.808. The Hall–Kier alpha value is -1.77. The van der Waals surface area contributed by atoms with Crippen molar-refractivity contribution in [1.82, 2.24) is 4.98 Å². The van der Waals surface area contributed by atoms with Crippen molar-refractivity contribution < 1.29 is 9.53 Å². The first-order valence-electron chi connectivity index (χ1n) is 7.93. The number of hydrogen-bond acceptors (Lipinski definition) is 2. The predicted molar refractivity (Wildman–Crippen MR) is 85.0 cm³/mol. The van der Waals surface area contributed by atoms with Crippen molar-refractivity contribution in [2.24, 2.45) is 5.41 Å². The number of H-pyrrole nitrogens is 1. The molecule has 1 N–H and O–H groups in total. The molecule has 0 unspecified atom stereocenters. The van der Waals surface area contributed by atoms with Crippen LogP contribution in [0, 0.1) is 5.41 Å². The lowest BCUT2D eigenvalue weighted by Gasteiger charge is -2.21. The van der Waals surface area contributed by atoms with Crippen LogP contribution >= 0.6 is 0 Å². The first kappa shape index (κ1) is 14.2. The second-order valence-corrected chi connectivity index (χ2v) is 6.36. The summed E-state index contributed by atoms with van der Waals surface area (Å²) in [6, 6.07) is 5.95. The van der Waals surface area contributed by atoms with Gasteiger partial charge in [0, 0.05) is 28.1 Å². The second kappa shape index (κ2) is 5.55. The van der Waals surface area contributed by atoms with Gasteiger partial charge in [0.05, 0.1) is 6.61 Å². The van der Waals surface area contributed by atoms with E-state index in [1.165, 1.54) is 0 Å². The lowest BCUT2D eigenvalue weighted by Crippen LogP contribution is -2.24. The van der Waals surface area contributed by atoms with Crippen molar-refractivity contribution in [3.63, 3.8) is 0 Å². The number of benzene rings is 1. The third-order valence-corrected chi connectivity index (χ3v) is 4.63. The Bertz CT molecular complexity index is 650. The van der Waals surface area contributed by atoms with Crippen LogP contribution in [0.1, 0.15) is 56.3 Å². The highest BCUT2D eigenvalue weighted by atomic mass is 16.5. The number of ether oxygens (including phenoxy) is 1. The summed E-state index contributed by atoms with van der Waals surface area (Å²) in [6.07, 6.45) is 7.18. The van der Waals surface area contributed by atoms with Crippen molar-refractivity contribution in [3.8, 4) is 5.75 Å². The van der Waals surface area contributed by atoms with Crippen LogP contribution in [-0.2, 0) is 0 Å². The van der Waals surface area contributed by atoms with Crippen LogP contribution in [0.4, 0.5) is 0 Å². The van der Waals surface area contributed by atoms with E-state index in [1.807, 2.05) is 24.4 Å². The maximum atomic E-state index is 12.9. The Balaban J connectivity index is 1.96. The predicted octanol–water partition coefficient (Wildman–Crippen LogP) is 4.72. The van der Waals surface area contributed by atoms with Gasteiger partial charge in [0.15, 0.2) is 5.78 Å². The number of carbonyl (C=O) groups excluding carboxylic acids is 1. The summed E-state index contributed by atoms with van der Waals surface area (Å²) in [4.78, 5) is 16.1. The molecule has 1 fully saturated rings. The normalized spacial score (nSPS) is 17.2. The summed E-state index contributed by atoms with van der Waals surface area (Å²) >= 11 is 0. The van der Waals surface area contributed by atoms with Gasteiger partial charge < -0.3 is 9.72 Å². The molecular formula is C18H23NO2. The number of ketones is 1. The molecule has 3 heteroatoms. The lowest BCUT2D eigenvalue weighted by atomic mass is 9.81. The van der Waals surface area contributed by atoms with Crippen molar-refractivity contribution in [1.29, 1.82) is 0 Å². The molecule has 1 aliphatic rings. The monoisotopic (exact) mass is 285 g/mol. The number of Topliss-reactive ketones (excluding diaryl/α,β-unsaturated/α-hetero) is 1. The van der Waals surface area contributed by atoms with Crippen molar-refractivity contribution in [2.45, 2.75) is 46.0 Å². The van der Waals surface area contributed by atoms with Gasteiger partial charge in [0.25, 0.3) is 0 Å². The van der Waals surface area contributed by atoms with E-state index in [1.54, 1.807) is 0 Å². The molecule has 1 aromatic carbocycles.